The lowest BCUT2D eigenvalue weighted by atomic mass is 10.3. The van der Waals surface area contributed by atoms with Gasteiger partial charge in [0, 0.05) is 17.2 Å². The zero-order valence-corrected chi connectivity index (χ0v) is 14.0. The molecule has 2 amide bonds. The van der Waals surface area contributed by atoms with Crippen LogP contribution in [0.5, 0.6) is 0 Å². The van der Waals surface area contributed by atoms with Crippen molar-refractivity contribution < 1.29 is 4.79 Å². The molecular weight excluding hydrogens is 347 g/mol. The van der Waals surface area contributed by atoms with Crippen LogP contribution >= 0.6 is 46.3 Å². The Morgan fingerprint density at radius 1 is 1.24 bits per heavy atom. The van der Waals surface area contributed by atoms with E-state index in [2.05, 4.69) is 11.4 Å². The van der Waals surface area contributed by atoms with Crippen LogP contribution in [0.15, 0.2) is 35.7 Å². The zero-order chi connectivity index (χ0) is 14.8. The van der Waals surface area contributed by atoms with Crippen LogP contribution in [-0.4, -0.2) is 23.2 Å². The van der Waals surface area contributed by atoms with Gasteiger partial charge in [0.15, 0.2) is 0 Å². The van der Waals surface area contributed by atoms with Crippen LogP contribution in [0.25, 0.3) is 0 Å². The molecule has 1 aliphatic heterocycles. The monoisotopic (exact) mass is 358 g/mol. The second-order valence-electron chi connectivity index (χ2n) is 4.46. The molecule has 1 saturated heterocycles. The van der Waals surface area contributed by atoms with Crippen LogP contribution in [0.1, 0.15) is 10.3 Å². The number of urea groups is 1. The molecule has 0 aliphatic carbocycles. The van der Waals surface area contributed by atoms with Crippen molar-refractivity contribution in [1.29, 1.82) is 0 Å². The topological polar surface area (TPSA) is 32.3 Å². The molecule has 2 heterocycles. The summed E-state index contributed by atoms with van der Waals surface area (Å²) in [5.74, 6) is 0.923. The van der Waals surface area contributed by atoms with Gasteiger partial charge in [-0.05, 0) is 23.6 Å². The molecule has 1 N–H and O–H groups in total. The fourth-order valence-electron chi connectivity index (χ4n) is 2.14. The maximum Gasteiger partial charge on any atom is 0.323 e. The van der Waals surface area contributed by atoms with Crippen LogP contribution in [0.2, 0.25) is 10.0 Å². The van der Waals surface area contributed by atoms with Gasteiger partial charge in [0.2, 0.25) is 0 Å². The third kappa shape index (κ3) is 3.16. The largest absolute Gasteiger partial charge is 0.323 e. The number of carbonyl (C=O) groups is 1. The zero-order valence-electron chi connectivity index (χ0n) is 10.9. The summed E-state index contributed by atoms with van der Waals surface area (Å²) in [4.78, 5) is 15.5. The molecule has 0 radical (unpaired) electrons. The Labute approximate surface area is 141 Å². The quantitative estimate of drug-likeness (QED) is 0.786. The summed E-state index contributed by atoms with van der Waals surface area (Å²) in [6.45, 7) is 0.709. The highest BCUT2D eigenvalue weighted by atomic mass is 35.5. The Hall–Kier alpha value is -0.880. The first-order valence-corrected chi connectivity index (χ1v) is 9.02. The van der Waals surface area contributed by atoms with Gasteiger partial charge in [-0.1, -0.05) is 35.3 Å². The molecule has 1 fully saturated rings. The molecule has 0 spiro atoms. The predicted octanol–water partition coefficient (Wildman–Crippen LogP) is 5.33. The molecule has 1 aromatic carbocycles. The first-order valence-electron chi connectivity index (χ1n) is 6.33. The smallest absolute Gasteiger partial charge is 0.307 e. The number of thioether (sulfide) groups is 1. The molecule has 1 aliphatic rings. The lowest BCUT2D eigenvalue weighted by Gasteiger charge is -2.23. The standard InChI is InChI=1S/C14H12Cl2N2OS2/c15-9-3-1-4-10(16)12(9)17-14(19)18-6-8-21-13(18)11-5-2-7-20-11/h1-5,7,13H,6,8H2,(H,17,19). The molecule has 0 bridgehead atoms. The minimum Gasteiger partial charge on any atom is -0.307 e. The molecule has 1 unspecified atom stereocenters. The molecular formula is C14H12Cl2N2OS2. The minimum atomic E-state index is -0.173. The van der Waals surface area contributed by atoms with Crippen molar-refractivity contribution >= 4 is 58.0 Å². The number of carbonyl (C=O) groups excluding carboxylic acids is 1. The highest BCUT2D eigenvalue weighted by Gasteiger charge is 2.31. The SMILES string of the molecule is O=C(Nc1c(Cl)cccc1Cl)N1CCSC1c1cccs1. The van der Waals surface area contributed by atoms with E-state index in [1.54, 1.807) is 41.3 Å². The van der Waals surface area contributed by atoms with E-state index in [1.165, 1.54) is 4.88 Å². The van der Waals surface area contributed by atoms with Crippen molar-refractivity contribution in [3.63, 3.8) is 0 Å². The van der Waals surface area contributed by atoms with Crippen molar-refractivity contribution in [2.24, 2.45) is 0 Å². The summed E-state index contributed by atoms with van der Waals surface area (Å²) in [6, 6.07) is 9.04. The number of rotatable bonds is 2. The molecule has 1 aromatic heterocycles. The average molecular weight is 359 g/mol. The first kappa shape index (κ1) is 15.0. The van der Waals surface area contributed by atoms with Crippen molar-refractivity contribution in [3.05, 3.63) is 50.6 Å². The van der Waals surface area contributed by atoms with Gasteiger partial charge in [-0.2, -0.15) is 0 Å². The summed E-state index contributed by atoms with van der Waals surface area (Å²) in [5.41, 5.74) is 0.465. The first-order chi connectivity index (χ1) is 10.2. The Morgan fingerprint density at radius 2 is 2.00 bits per heavy atom. The second kappa shape index (κ2) is 6.48. The number of amides is 2. The van der Waals surface area contributed by atoms with Gasteiger partial charge in [-0.25, -0.2) is 4.79 Å². The molecule has 21 heavy (non-hydrogen) atoms. The molecule has 2 aromatic rings. The summed E-state index contributed by atoms with van der Waals surface area (Å²) >= 11 is 15.6. The van der Waals surface area contributed by atoms with Gasteiger partial charge in [0.25, 0.3) is 0 Å². The molecule has 0 saturated carbocycles. The lowest BCUT2D eigenvalue weighted by Crippen LogP contribution is -2.34. The van der Waals surface area contributed by atoms with E-state index in [1.807, 2.05) is 16.3 Å². The van der Waals surface area contributed by atoms with Crippen molar-refractivity contribution in [2.75, 3.05) is 17.6 Å². The molecule has 110 valence electrons. The third-order valence-electron chi connectivity index (χ3n) is 3.13. The molecule has 1 atom stereocenters. The van der Waals surface area contributed by atoms with E-state index in [0.717, 1.165) is 5.75 Å². The van der Waals surface area contributed by atoms with Crippen molar-refractivity contribution in [3.8, 4) is 0 Å². The number of halogens is 2. The minimum absolute atomic E-state index is 0.0614. The highest BCUT2D eigenvalue weighted by molar-refractivity contribution is 7.99. The number of nitrogens with one attached hydrogen (secondary N) is 1. The van der Waals surface area contributed by atoms with Crippen LogP contribution < -0.4 is 5.32 Å². The molecule has 3 rings (SSSR count). The van der Waals surface area contributed by atoms with E-state index in [-0.39, 0.29) is 11.4 Å². The number of anilines is 1. The number of hydrogen-bond acceptors (Lipinski definition) is 3. The Kier molecular flexibility index (Phi) is 4.64. The van der Waals surface area contributed by atoms with E-state index >= 15 is 0 Å². The summed E-state index contributed by atoms with van der Waals surface area (Å²) < 4.78 is 0. The van der Waals surface area contributed by atoms with Crippen molar-refractivity contribution in [2.45, 2.75) is 5.37 Å². The van der Waals surface area contributed by atoms with Gasteiger partial charge in [-0.15, -0.1) is 23.1 Å². The van der Waals surface area contributed by atoms with Crippen molar-refractivity contribution in [1.82, 2.24) is 4.90 Å². The summed E-state index contributed by atoms with van der Waals surface area (Å²) in [5, 5.41) is 5.79. The van der Waals surface area contributed by atoms with E-state index < -0.39 is 0 Å². The summed E-state index contributed by atoms with van der Waals surface area (Å²) in [7, 11) is 0. The van der Waals surface area contributed by atoms with E-state index in [0.29, 0.717) is 22.3 Å². The lowest BCUT2D eigenvalue weighted by molar-refractivity contribution is 0.215. The van der Waals surface area contributed by atoms with Crippen LogP contribution in [0, 0.1) is 0 Å². The Morgan fingerprint density at radius 3 is 2.67 bits per heavy atom. The van der Waals surface area contributed by atoms with Gasteiger partial charge in [0.1, 0.15) is 5.37 Å². The van der Waals surface area contributed by atoms with Gasteiger partial charge < -0.3 is 10.2 Å². The fraction of sp³-hybridized carbons (Fsp3) is 0.214. The maximum absolute atomic E-state index is 12.5. The van der Waals surface area contributed by atoms with Crippen LogP contribution in [0.4, 0.5) is 10.5 Å². The Balaban J connectivity index is 1.79. The number of benzene rings is 1. The molecule has 3 nitrogen and oxygen atoms in total. The Bertz CT molecular complexity index is 628. The normalized spacial score (nSPS) is 18.0. The maximum atomic E-state index is 12.5. The van der Waals surface area contributed by atoms with Crippen LogP contribution in [0.3, 0.4) is 0 Å². The van der Waals surface area contributed by atoms with E-state index in [4.69, 9.17) is 23.2 Å². The van der Waals surface area contributed by atoms with Crippen LogP contribution in [-0.2, 0) is 0 Å². The average Bonchev–Trinajstić information content (AvgIpc) is 3.12. The predicted molar refractivity (Wildman–Crippen MR) is 91.7 cm³/mol. The number of hydrogen-bond donors (Lipinski definition) is 1. The third-order valence-corrected chi connectivity index (χ3v) is 6.08. The van der Waals surface area contributed by atoms with Gasteiger partial charge >= 0.3 is 6.03 Å². The number of para-hydroxylation sites is 1. The molecule has 7 heteroatoms. The number of nitrogens with zero attached hydrogens (tertiary/aromatic N) is 1. The fourth-order valence-corrected chi connectivity index (χ4v) is 4.87. The second-order valence-corrected chi connectivity index (χ2v) is 7.44. The number of thiophene rings is 1. The highest BCUT2D eigenvalue weighted by Crippen LogP contribution is 2.40. The summed E-state index contributed by atoms with van der Waals surface area (Å²) in [6.07, 6.45) is 0. The van der Waals surface area contributed by atoms with Gasteiger partial charge in [-0.3, -0.25) is 0 Å². The van der Waals surface area contributed by atoms with E-state index in [9.17, 15) is 4.79 Å². The van der Waals surface area contributed by atoms with Gasteiger partial charge in [0.05, 0.1) is 15.7 Å².